The van der Waals surface area contributed by atoms with Gasteiger partial charge in [-0.1, -0.05) is 30.3 Å². The van der Waals surface area contributed by atoms with Crippen LogP contribution < -0.4 is 5.32 Å². The number of hydrogen-bond donors (Lipinski definition) is 1. The Hall–Kier alpha value is -2.82. The van der Waals surface area contributed by atoms with E-state index in [0.29, 0.717) is 11.3 Å². The zero-order valence-electron chi connectivity index (χ0n) is 11.5. The molecule has 21 heavy (non-hydrogen) atoms. The average Bonchev–Trinajstić information content (AvgIpc) is 3.04. The third-order valence-electron chi connectivity index (χ3n) is 2.80. The van der Waals surface area contributed by atoms with E-state index in [9.17, 15) is 9.59 Å². The van der Waals surface area contributed by atoms with Crippen molar-refractivity contribution in [3.8, 4) is 0 Å². The SMILES string of the molecule is COC(=O)[C@H](NC(=O)/C=C/c1ccco1)c1ccccc1. The first-order chi connectivity index (χ1) is 10.2. The molecule has 1 amide bonds. The molecule has 0 fully saturated rings. The minimum atomic E-state index is -0.843. The Bertz CT molecular complexity index is 617. The Balaban J connectivity index is 2.08. The summed E-state index contributed by atoms with van der Waals surface area (Å²) in [7, 11) is 1.28. The third kappa shape index (κ3) is 4.07. The summed E-state index contributed by atoms with van der Waals surface area (Å²) in [6, 6.07) is 11.5. The summed E-state index contributed by atoms with van der Waals surface area (Å²) >= 11 is 0. The topological polar surface area (TPSA) is 68.5 Å². The van der Waals surface area contributed by atoms with Crippen LogP contribution in [-0.4, -0.2) is 19.0 Å². The van der Waals surface area contributed by atoms with Gasteiger partial charge in [-0.3, -0.25) is 4.79 Å². The third-order valence-corrected chi connectivity index (χ3v) is 2.80. The van der Waals surface area contributed by atoms with Crippen molar-refractivity contribution >= 4 is 18.0 Å². The second-order valence-electron chi connectivity index (χ2n) is 4.22. The molecule has 108 valence electrons. The van der Waals surface area contributed by atoms with E-state index in [4.69, 9.17) is 9.15 Å². The molecule has 1 atom stereocenters. The van der Waals surface area contributed by atoms with Crippen LogP contribution in [0.4, 0.5) is 0 Å². The van der Waals surface area contributed by atoms with E-state index in [1.54, 1.807) is 36.4 Å². The Morgan fingerprint density at radius 3 is 2.57 bits per heavy atom. The molecule has 1 heterocycles. The second-order valence-corrected chi connectivity index (χ2v) is 4.22. The van der Waals surface area contributed by atoms with Crippen molar-refractivity contribution in [3.63, 3.8) is 0 Å². The Morgan fingerprint density at radius 1 is 1.19 bits per heavy atom. The van der Waals surface area contributed by atoms with E-state index in [0.717, 1.165) is 0 Å². The van der Waals surface area contributed by atoms with Crippen LogP contribution in [0.25, 0.3) is 6.08 Å². The maximum Gasteiger partial charge on any atom is 0.333 e. The highest BCUT2D eigenvalue weighted by Crippen LogP contribution is 2.14. The Labute approximate surface area is 122 Å². The van der Waals surface area contributed by atoms with E-state index in [-0.39, 0.29) is 0 Å². The molecule has 1 aromatic carbocycles. The average molecular weight is 285 g/mol. The molecule has 0 unspecified atom stereocenters. The number of furan rings is 1. The number of carbonyl (C=O) groups is 2. The van der Waals surface area contributed by atoms with Crippen molar-refractivity contribution in [3.05, 3.63) is 66.1 Å². The predicted molar refractivity (Wildman–Crippen MR) is 77.1 cm³/mol. The summed E-state index contributed by atoms with van der Waals surface area (Å²) < 4.78 is 9.81. The number of nitrogens with one attached hydrogen (secondary N) is 1. The molecule has 0 aliphatic heterocycles. The van der Waals surface area contributed by atoms with Crippen LogP contribution in [0.3, 0.4) is 0 Å². The molecule has 0 saturated carbocycles. The maximum absolute atomic E-state index is 11.9. The summed E-state index contributed by atoms with van der Waals surface area (Å²) in [6.45, 7) is 0. The molecule has 0 spiro atoms. The zero-order chi connectivity index (χ0) is 15.1. The quantitative estimate of drug-likeness (QED) is 0.676. The first kappa shape index (κ1) is 14.6. The predicted octanol–water partition coefficient (Wildman–Crippen LogP) is 2.32. The number of ether oxygens (including phenoxy) is 1. The first-order valence-electron chi connectivity index (χ1n) is 6.35. The van der Waals surface area contributed by atoms with Crippen LogP contribution >= 0.6 is 0 Å². The van der Waals surface area contributed by atoms with E-state index in [2.05, 4.69) is 5.32 Å². The minimum absolute atomic E-state index is 0.411. The van der Waals surface area contributed by atoms with Gasteiger partial charge in [-0.15, -0.1) is 0 Å². The standard InChI is InChI=1S/C16H15NO4/c1-20-16(19)15(12-6-3-2-4-7-12)17-14(18)10-9-13-8-5-11-21-13/h2-11,15H,1H3,(H,17,18)/b10-9+/t15-/m1/s1. The molecule has 0 bridgehead atoms. The second kappa shape index (κ2) is 7.09. The van der Waals surface area contributed by atoms with Gasteiger partial charge in [0.25, 0.3) is 0 Å². The lowest BCUT2D eigenvalue weighted by Crippen LogP contribution is -2.33. The highest BCUT2D eigenvalue weighted by atomic mass is 16.5. The lowest BCUT2D eigenvalue weighted by molar-refractivity contribution is -0.144. The summed E-state index contributed by atoms with van der Waals surface area (Å²) in [5.41, 5.74) is 0.657. The van der Waals surface area contributed by atoms with Gasteiger partial charge in [-0.25, -0.2) is 4.79 Å². The van der Waals surface area contributed by atoms with Gasteiger partial charge in [0.15, 0.2) is 6.04 Å². The first-order valence-corrected chi connectivity index (χ1v) is 6.35. The highest BCUT2D eigenvalue weighted by Gasteiger charge is 2.22. The van der Waals surface area contributed by atoms with E-state index in [1.807, 2.05) is 6.07 Å². The van der Waals surface area contributed by atoms with Crippen LogP contribution in [0, 0.1) is 0 Å². The molecule has 0 aliphatic rings. The van der Waals surface area contributed by atoms with Crippen LogP contribution in [0.5, 0.6) is 0 Å². The lowest BCUT2D eigenvalue weighted by atomic mass is 10.1. The molecular weight excluding hydrogens is 270 g/mol. The van der Waals surface area contributed by atoms with Crippen LogP contribution in [0.15, 0.2) is 59.2 Å². The summed E-state index contributed by atoms with van der Waals surface area (Å²) in [5, 5.41) is 2.60. The molecule has 1 aromatic heterocycles. The van der Waals surface area contributed by atoms with Crippen LogP contribution in [-0.2, 0) is 14.3 Å². The van der Waals surface area contributed by atoms with Crippen LogP contribution in [0.2, 0.25) is 0 Å². The summed E-state index contributed by atoms with van der Waals surface area (Å²) in [5.74, 6) is -0.383. The van der Waals surface area contributed by atoms with Gasteiger partial charge in [0, 0.05) is 6.08 Å². The number of esters is 1. The van der Waals surface area contributed by atoms with E-state index in [1.165, 1.54) is 25.5 Å². The highest BCUT2D eigenvalue weighted by molar-refractivity contribution is 5.94. The van der Waals surface area contributed by atoms with Crippen molar-refractivity contribution in [2.45, 2.75) is 6.04 Å². The Kier molecular flexibility index (Phi) is 4.93. The van der Waals surface area contributed by atoms with Crippen molar-refractivity contribution in [2.75, 3.05) is 7.11 Å². The lowest BCUT2D eigenvalue weighted by Gasteiger charge is -2.15. The van der Waals surface area contributed by atoms with Crippen molar-refractivity contribution in [1.82, 2.24) is 5.32 Å². The smallest absolute Gasteiger partial charge is 0.333 e. The number of carbonyl (C=O) groups excluding carboxylic acids is 2. The van der Waals surface area contributed by atoms with Gasteiger partial charge in [0.2, 0.25) is 5.91 Å². The van der Waals surface area contributed by atoms with Gasteiger partial charge in [0.1, 0.15) is 5.76 Å². The monoisotopic (exact) mass is 285 g/mol. The molecular formula is C16H15NO4. The molecule has 0 aliphatic carbocycles. The van der Waals surface area contributed by atoms with Crippen molar-refractivity contribution in [2.24, 2.45) is 0 Å². The summed E-state index contributed by atoms with van der Waals surface area (Å²) in [4.78, 5) is 23.7. The fraction of sp³-hybridized carbons (Fsp3) is 0.125. The number of rotatable bonds is 5. The molecule has 2 rings (SSSR count). The van der Waals surface area contributed by atoms with Gasteiger partial charge in [0.05, 0.1) is 13.4 Å². The number of hydrogen-bond acceptors (Lipinski definition) is 4. The molecule has 5 heteroatoms. The summed E-state index contributed by atoms with van der Waals surface area (Å²) in [6.07, 6.45) is 4.34. The number of benzene rings is 1. The molecule has 0 saturated heterocycles. The molecule has 5 nitrogen and oxygen atoms in total. The minimum Gasteiger partial charge on any atom is -0.467 e. The van der Waals surface area contributed by atoms with Crippen molar-refractivity contribution < 1.29 is 18.7 Å². The fourth-order valence-corrected chi connectivity index (χ4v) is 1.78. The number of methoxy groups -OCH3 is 1. The fourth-order valence-electron chi connectivity index (χ4n) is 1.78. The zero-order valence-corrected chi connectivity index (χ0v) is 11.5. The maximum atomic E-state index is 11.9. The van der Waals surface area contributed by atoms with E-state index < -0.39 is 17.9 Å². The van der Waals surface area contributed by atoms with E-state index >= 15 is 0 Å². The van der Waals surface area contributed by atoms with Gasteiger partial charge >= 0.3 is 5.97 Å². The largest absolute Gasteiger partial charge is 0.467 e. The molecule has 1 N–H and O–H groups in total. The van der Waals surface area contributed by atoms with Crippen LogP contribution in [0.1, 0.15) is 17.4 Å². The van der Waals surface area contributed by atoms with Gasteiger partial charge in [-0.05, 0) is 23.8 Å². The van der Waals surface area contributed by atoms with Gasteiger partial charge < -0.3 is 14.5 Å². The van der Waals surface area contributed by atoms with Gasteiger partial charge in [-0.2, -0.15) is 0 Å². The van der Waals surface area contributed by atoms with Crippen molar-refractivity contribution in [1.29, 1.82) is 0 Å². The number of amides is 1. The molecule has 2 aromatic rings. The normalized spacial score (nSPS) is 12.0. The Morgan fingerprint density at radius 2 is 1.95 bits per heavy atom. The molecule has 0 radical (unpaired) electrons.